The van der Waals surface area contributed by atoms with E-state index < -0.39 is 46.7 Å². The van der Waals surface area contributed by atoms with Crippen LogP contribution in [0.1, 0.15) is 6.42 Å². The molecule has 0 aliphatic carbocycles. The van der Waals surface area contributed by atoms with Crippen LogP contribution in [0, 0.1) is 29.1 Å². The maximum absolute atomic E-state index is 13.2. The molecule has 0 radical (unpaired) electrons. The van der Waals surface area contributed by atoms with Gasteiger partial charge in [-0.25, -0.2) is 26.7 Å². The number of urea groups is 1. The first-order chi connectivity index (χ1) is 9.29. The minimum Gasteiger partial charge on any atom is -0.302 e. The van der Waals surface area contributed by atoms with Gasteiger partial charge >= 0.3 is 6.03 Å². The minimum atomic E-state index is -2.36. The zero-order valence-corrected chi connectivity index (χ0v) is 10.3. The third-order valence-corrected chi connectivity index (χ3v) is 2.21. The van der Waals surface area contributed by atoms with Gasteiger partial charge in [0.25, 0.3) is 0 Å². The lowest BCUT2D eigenvalue weighted by Crippen LogP contribution is -2.35. The highest BCUT2D eigenvalue weighted by atomic mass is 35.5. The summed E-state index contributed by atoms with van der Waals surface area (Å²) in [5, 5.41) is 2.96. The molecule has 3 amide bonds. The number of imide groups is 1. The number of anilines is 1. The molecule has 0 atom stereocenters. The number of hydrogen-bond donors (Lipinski definition) is 2. The van der Waals surface area contributed by atoms with Crippen LogP contribution in [0.15, 0.2) is 0 Å². The van der Waals surface area contributed by atoms with Crippen LogP contribution in [0.5, 0.6) is 0 Å². The van der Waals surface area contributed by atoms with Crippen molar-refractivity contribution in [1.82, 2.24) is 5.32 Å². The molecule has 0 spiro atoms. The van der Waals surface area contributed by atoms with Gasteiger partial charge in [-0.1, -0.05) is 0 Å². The number of carbonyl (C=O) groups excluding carboxylic acids is 2. The normalized spacial score (nSPS) is 10.3. The standard InChI is InChI=1S/C10H6ClF5N2O2/c11-2-1-3(19)17-10(20)18-9-7(15)5(13)4(12)6(14)8(9)16/h1-2H2,(H2,17,18,19,20). The molecular weight excluding hydrogens is 311 g/mol. The van der Waals surface area contributed by atoms with Gasteiger partial charge in [-0.2, -0.15) is 0 Å². The Hall–Kier alpha value is -1.90. The maximum atomic E-state index is 13.2. The molecule has 0 bridgehead atoms. The fraction of sp³-hybridized carbons (Fsp3) is 0.200. The van der Waals surface area contributed by atoms with Crippen LogP contribution in [0.25, 0.3) is 0 Å². The maximum Gasteiger partial charge on any atom is 0.326 e. The summed E-state index contributed by atoms with van der Waals surface area (Å²) >= 11 is 5.20. The Kier molecular flexibility index (Phi) is 5.26. The Morgan fingerprint density at radius 1 is 0.900 bits per heavy atom. The lowest BCUT2D eigenvalue weighted by Gasteiger charge is -2.10. The highest BCUT2D eigenvalue weighted by Crippen LogP contribution is 2.26. The van der Waals surface area contributed by atoms with Crippen molar-refractivity contribution in [2.75, 3.05) is 11.2 Å². The smallest absolute Gasteiger partial charge is 0.302 e. The van der Waals surface area contributed by atoms with Gasteiger partial charge in [-0.05, 0) is 0 Å². The Labute approximate surface area is 113 Å². The van der Waals surface area contributed by atoms with Gasteiger partial charge in [0, 0.05) is 12.3 Å². The van der Waals surface area contributed by atoms with Gasteiger partial charge in [0.2, 0.25) is 11.7 Å². The summed E-state index contributed by atoms with van der Waals surface area (Å²) in [5.41, 5.74) is -1.56. The lowest BCUT2D eigenvalue weighted by molar-refractivity contribution is -0.119. The summed E-state index contributed by atoms with van der Waals surface area (Å²) in [6.45, 7) is 0. The van der Waals surface area contributed by atoms with E-state index in [0.29, 0.717) is 0 Å². The topological polar surface area (TPSA) is 58.2 Å². The number of carbonyl (C=O) groups is 2. The largest absolute Gasteiger partial charge is 0.326 e. The molecule has 1 aromatic rings. The van der Waals surface area contributed by atoms with E-state index in [-0.39, 0.29) is 12.3 Å². The third kappa shape index (κ3) is 3.35. The van der Waals surface area contributed by atoms with Crippen LogP contribution >= 0.6 is 11.6 Å². The first kappa shape index (κ1) is 16.2. The van der Waals surface area contributed by atoms with Crippen molar-refractivity contribution in [1.29, 1.82) is 0 Å². The van der Waals surface area contributed by atoms with Crippen molar-refractivity contribution >= 4 is 29.2 Å². The Balaban J connectivity index is 2.99. The van der Waals surface area contributed by atoms with Gasteiger partial charge < -0.3 is 5.32 Å². The highest BCUT2D eigenvalue weighted by molar-refractivity contribution is 6.19. The van der Waals surface area contributed by atoms with Gasteiger partial charge in [-0.15, -0.1) is 11.6 Å². The van der Waals surface area contributed by atoms with Crippen LogP contribution in [-0.2, 0) is 4.79 Å². The molecule has 0 aliphatic heterocycles. The van der Waals surface area contributed by atoms with Crippen molar-refractivity contribution in [3.05, 3.63) is 29.1 Å². The summed E-state index contributed by atoms with van der Waals surface area (Å²) in [7, 11) is 0. The first-order valence-corrected chi connectivity index (χ1v) is 5.51. The van der Waals surface area contributed by atoms with E-state index in [1.165, 1.54) is 5.32 Å². The second kappa shape index (κ2) is 6.51. The predicted molar refractivity (Wildman–Crippen MR) is 58.7 cm³/mol. The van der Waals surface area contributed by atoms with E-state index in [4.69, 9.17) is 11.6 Å². The fourth-order valence-corrected chi connectivity index (χ4v) is 1.31. The fourth-order valence-electron chi connectivity index (χ4n) is 1.13. The molecule has 20 heavy (non-hydrogen) atoms. The molecule has 110 valence electrons. The molecule has 1 aromatic carbocycles. The van der Waals surface area contributed by atoms with E-state index in [9.17, 15) is 31.5 Å². The van der Waals surface area contributed by atoms with Crippen LogP contribution in [-0.4, -0.2) is 17.8 Å². The second-order valence-electron chi connectivity index (χ2n) is 3.39. The average Bonchev–Trinajstić information content (AvgIpc) is 2.39. The van der Waals surface area contributed by atoms with Crippen LogP contribution in [0.2, 0.25) is 0 Å². The molecule has 4 nitrogen and oxygen atoms in total. The number of hydrogen-bond acceptors (Lipinski definition) is 2. The zero-order valence-electron chi connectivity index (χ0n) is 9.50. The minimum absolute atomic E-state index is 0.123. The summed E-state index contributed by atoms with van der Waals surface area (Å²) in [5.74, 6) is -12.2. The van der Waals surface area contributed by atoms with E-state index in [1.807, 2.05) is 0 Å². The summed E-state index contributed by atoms with van der Waals surface area (Å²) in [6, 6.07) is -1.46. The van der Waals surface area contributed by atoms with E-state index in [2.05, 4.69) is 0 Å². The second-order valence-corrected chi connectivity index (χ2v) is 3.76. The summed E-state index contributed by atoms with van der Waals surface area (Å²) < 4.78 is 64.7. The van der Waals surface area contributed by atoms with E-state index in [1.54, 1.807) is 5.32 Å². The van der Waals surface area contributed by atoms with Gasteiger partial charge in [0.1, 0.15) is 5.69 Å². The van der Waals surface area contributed by atoms with Crippen molar-refractivity contribution in [3.8, 4) is 0 Å². The van der Waals surface area contributed by atoms with Crippen molar-refractivity contribution in [3.63, 3.8) is 0 Å². The SMILES string of the molecule is O=C(CCCl)NC(=O)Nc1c(F)c(F)c(F)c(F)c1F. The van der Waals surface area contributed by atoms with Gasteiger partial charge in [0.15, 0.2) is 23.3 Å². The number of alkyl halides is 1. The highest BCUT2D eigenvalue weighted by Gasteiger charge is 2.27. The van der Waals surface area contributed by atoms with E-state index in [0.717, 1.165) is 0 Å². The van der Waals surface area contributed by atoms with Crippen molar-refractivity contribution in [2.45, 2.75) is 6.42 Å². The summed E-state index contributed by atoms with van der Waals surface area (Å²) in [6.07, 6.45) is -0.272. The van der Waals surface area contributed by atoms with E-state index >= 15 is 0 Å². The molecular formula is C10H6ClF5N2O2. The molecule has 0 aliphatic rings. The number of rotatable bonds is 3. The number of halogens is 6. The Bertz CT molecular complexity index is 538. The number of amides is 3. The Morgan fingerprint density at radius 2 is 1.35 bits per heavy atom. The molecule has 0 saturated carbocycles. The van der Waals surface area contributed by atoms with Crippen LogP contribution < -0.4 is 10.6 Å². The monoisotopic (exact) mass is 316 g/mol. The zero-order chi connectivity index (χ0) is 15.4. The number of nitrogens with one attached hydrogen (secondary N) is 2. The molecule has 10 heteroatoms. The molecule has 2 N–H and O–H groups in total. The van der Waals surface area contributed by atoms with Crippen LogP contribution in [0.3, 0.4) is 0 Å². The molecule has 0 fully saturated rings. The van der Waals surface area contributed by atoms with Gasteiger partial charge in [-0.3, -0.25) is 10.1 Å². The predicted octanol–water partition coefficient (Wildman–Crippen LogP) is 2.66. The van der Waals surface area contributed by atoms with Crippen LogP contribution in [0.4, 0.5) is 32.4 Å². The van der Waals surface area contributed by atoms with Crippen molar-refractivity contribution < 1.29 is 31.5 Å². The first-order valence-electron chi connectivity index (χ1n) is 4.97. The van der Waals surface area contributed by atoms with Gasteiger partial charge in [0.05, 0.1) is 0 Å². The average molecular weight is 317 g/mol. The quantitative estimate of drug-likeness (QED) is 0.390. The molecule has 0 saturated heterocycles. The Morgan fingerprint density at radius 3 is 1.80 bits per heavy atom. The third-order valence-electron chi connectivity index (χ3n) is 2.02. The molecule has 0 unspecified atom stereocenters. The number of benzene rings is 1. The van der Waals surface area contributed by atoms with Crippen molar-refractivity contribution in [2.24, 2.45) is 0 Å². The molecule has 0 heterocycles. The molecule has 1 rings (SSSR count). The lowest BCUT2D eigenvalue weighted by atomic mass is 10.2. The molecule has 0 aromatic heterocycles. The summed E-state index contributed by atoms with van der Waals surface area (Å²) in [4.78, 5) is 22.1.